The molecule has 2 aromatic rings. The van der Waals surface area contributed by atoms with Gasteiger partial charge in [-0.3, -0.25) is 9.88 Å². The lowest BCUT2D eigenvalue weighted by Crippen LogP contribution is -2.41. The van der Waals surface area contributed by atoms with E-state index < -0.39 is 0 Å². The Morgan fingerprint density at radius 2 is 2.24 bits per heavy atom. The number of fused-ring (bicyclic) bond motifs is 1. The van der Waals surface area contributed by atoms with E-state index in [1.807, 2.05) is 12.3 Å². The molecule has 3 heteroatoms. The molecule has 2 heterocycles. The van der Waals surface area contributed by atoms with E-state index in [1.165, 1.54) is 36.8 Å². The van der Waals surface area contributed by atoms with Crippen molar-refractivity contribution in [3.05, 3.63) is 42.1 Å². The molecule has 1 fully saturated rings. The standard InChI is InChI=1S/C18H25N3/c1-2-10-21-11-4-6-16(13-19)18(21)15-7-8-17-14(12-15)5-3-9-20-17/h3,5,7-9,12,16,18H,2,4,6,10-11,13,19H2,1H3. The van der Waals surface area contributed by atoms with Gasteiger partial charge in [0.2, 0.25) is 0 Å². The van der Waals surface area contributed by atoms with Crippen LogP contribution in [0, 0.1) is 5.92 Å². The van der Waals surface area contributed by atoms with Gasteiger partial charge in [-0.15, -0.1) is 0 Å². The fourth-order valence-corrected chi connectivity index (χ4v) is 3.70. The van der Waals surface area contributed by atoms with Gasteiger partial charge in [-0.2, -0.15) is 0 Å². The molecule has 3 rings (SSSR count). The van der Waals surface area contributed by atoms with Crippen LogP contribution in [0.25, 0.3) is 10.9 Å². The van der Waals surface area contributed by atoms with Crippen molar-refractivity contribution in [2.75, 3.05) is 19.6 Å². The first-order chi connectivity index (χ1) is 10.3. The number of hydrogen-bond donors (Lipinski definition) is 1. The normalized spacial score (nSPS) is 23.5. The van der Waals surface area contributed by atoms with Crippen LogP contribution in [0.15, 0.2) is 36.5 Å². The highest BCUT2D eigenvalue weighted by Gasteiger charge is 2.31. The van der Waals surface area contributed by atoms with Crippen LogP contribution in [0.2, 0.25) is 0 Å². The Balaban J connectivity index is 1.98. The van der Waals surface area contributed by atoms with Crippen molar-refractivity contribution in [3.8, 4) is 0 Å². The number of piperidine rings is 1. The van der Waals surface area contributed by atoms with Crippen LogP contribution in [0.5, 0.6) is 0 Å². The Kier molecular flexibility index (Phi) is 4.51. The third kappa shape index (κ3) is 2.94. The van der Waals surface area contributed by atoms with Crippen LogP contribution in [-0.2, 0) is 0 Å². The van der Waals surface area contributed by atoms with E-state index in [0.717, 1.165) is 18.6 Å². The molecule has 1 saturated heterocycles. The van der Waals surface area contributed by atoms with Crippen LogP contribution in [-0.4, -0.2) is 29.5 Å². The van der Waals surface area contributed by atoms with E-state index in [2.05, 4.69) is 41.1 Å². The van der Waals surface area contributed by atoms with Crippen molar-refractivity contribution in [1.29, 1.82) is 0 Å². The average molecular weight is 283 g/mol. The molecule has 0 bridgehead atoms. The van der Waals surface area contributed by atoms with Crippen LogP contribution in [0.4, 0.5) is 0 Å². The van der Waals surface area contributed by atoms with Gasteiger partial charge in [0.15, 0.2) is 0 Å². The summed E-state index contributed by atoms with van der Waals surface area (Å²) < 4.78 is 0. The van der Waals surface area contributed by atoms with Crippen molar-refractivity contribution >= 4 is 10.9 Å². The number of rotatable bonds is 4. The van der Waals surface area contributed by atoms with Crippen LogP contribution < -0.4 is 5.73 Å². The second-order valence-corrected chi connectivity index (χ2v) is 6.07. The number of likely N-dealkylation sites (tertiary alicyclic amines) is 1. The van der Waals surface area contributed by atoms with E-state index in [1.54, 1.807) is 0 Å². The van der Waals surface area contributed by atoms with Gasteiger partial charge >= 0.3 is 0 Å². The minimum absolute atomic E-state index is 0.466. The zero-order chi connectivity index (χ0) is 14.7. The van der Waals surface area contributed by atoms with E-state index >= 15 is 0 Å². The number of hydrogen-bond acceptors (Lipinski definition) is 3. The topological polar surface area (TPSA) is 42.1 Å². The lowest BCUT2D eigenvalue weighted by molar-refractivity contribution is 0.0961. The van der Waals surface area contributed by atoms with E-state index in [4.69, 9.17) is 5.73 Å². The van der Waals surface area contributed by atoms with Crippen LogP contribution in [0.1, 0.15) is 37.8 Å². The Morgan fingerprint density at radius 3 is 3.05 bits per heavy atom. The SMILES string of the molecule is CCCN1CCCC(CN)C1c1ccc2ncccc2c1. The predicted octanol–water partition coefficient (Wildman–Crippen LogP) is 3.36. The molecule has 0 radical (unpaired) electrons. The van der Waals surface area contributed by atoms with Crippen molar-refractivity contribution < 1.29 is 0 Å². The molecule has 0 amide bonds. The second-order valence-electron chi connectivity index (χ2n) is 6.07. The van der Waals surface area contributed by atoms with Gasteiger partial charge in [-0.25, -0.2) is 0 Å². The maximum atomic E-state index is 6.06. The lowest BCUT2D eigenvalue weighted by Gasteiger charge is -2.41. The van der Waals surface area contributed by atoms with Crippen molar-refractivity contribution in [3.63, 3.8) is 0 Å². The maximum absolute atomic E-state index is 6.06. The lowest BCUT2D eigenvalue weighted by atomic mass is 9.84. The number of nitrogens with zero attached hydrogens (tertiary/aromatic N) is 2. The van der Waals surface area contributed by atoms with Gasteiger partial charge in [0.05, 0.1) is 5.52 Å². The first kappa shape index (κ1) is 14.5. The minimum atomic E-state index is 0.466. The molecule has 1 aliphatic rings. The molecule has 0 aliphatic carbocycles. The van der Waals surface area contributed by atoms with Crippen LogP contribution >= 0.6 is 0 Å². The molecular formula is C18H25N3. The summed E-state index contributed by atoms with van der Waals surface area (Å²) in [5.74, 6) is 0.569. The van der Waals surface area contributed by atoms with Gasteiger partial charge in [0, 0.05) is 17.6 Å². The Hall–Kier alpha value is -1.45. The molecule has 2 N–H and O–H groups in total. The molecule has 112 valence electrons. The van der Waals surface area contributed by atoms with Gasteiger partial charge < -0.3 is 5.73 Å². The summed E-state index contributed by atoms with van der Waals surface area (Å²) in [6.07, 6.45) is 5.57. The number of nitrogens with two attached hydrogens (primary N) is 1. The second kappa shape index (κ2) is 6.54. The molecular weight excluding hydrogens is 258 g/mol. The summed E-state index contributed by atoms with van der Waals surface area (Å²) in [5.41, 5.74) is 8.54. The highest BCUT2D eigenvalue weighted by Crippen LogP contribution is 2.36. The first-order valence-corrected chi connectivity index (χ1v) is 8.12. The van der Waals surface area contributed by atoms with Crippen molar-refractivity contribution in [2.24, 2.45) is 11.7 Å². The molecule has 2 atom stereocenters. The Labute approximate surface area is 127 Å². The molecule has 2 unspecified atom stereocenters. The summed E-state index contributed by atoms with van der Waals surface area (Å²) in [6.45, 7) is 5.38. The fraction of sp³-hybridized carbons (Fsp3) is 0.500. The molecule has 1 aliphatic heterocycles. The third-order valence-corrected chi connectivity index (χ3v) is 4.64. The monoisotopic (exact) mass is 283 g/mol. The largest absolute Gasteiger partial charge is 0.330 e. The van der Waals surface area contributed by atoms with Crippen molar-refractivity contribution in [1.82, 2.24) is 9.88 Å². The number of aromatic nitrogens is 1. The molecule has 0 saturated carbocycles. The van der Waals surface area contributed by atoms with E-state index in [9.17, 15) is 0 Å². The van der Waals surface area contributed by atoms with Gasteiger partial charge in [-0.05, 0) is 68.6 Å². The van der Waals surface area contributed by atoms with Gasteiger partial charge in [0.1, 0.15) is 0 Å². The smallest absolute Gasteiger partial charge is 0.0702 e. The minimum Gasteiger partial charge on any atom is -0.330 e. The molecule has 1 aromatic heterocycles. The molecule has 3 nitrogen and oxygen atoms in total. The molecule has 1 aromatic carbocycles. The Bertz CT molecular complexity index is 594. The number of pyridine rings is 1. The molecule has 21 heavy (non-hydrogen) atoms. The quantitative estimate of drug-likeness (QED) is 0.935. The van der Waals surface area contributed by atoms with E-state index in [0.29, 0.717) is 12.0 Å². The highest BCUT2D eigenvalue weighted by atomic mass is 15.2. The summed E-state index contributed by atoms with van der Waals surface area (Å²) in [5, 5.41) is 1.23. The predicted molar refractivity (Wildman–Crippen MR) is 88.1 cm³/mol. The first-order valence-electron chi connectivity index (χ1n) is 8.12. The summed E-state index contributed by atoms with van der Waals surface area (Å²) in [6, 6.07) is 11.3. The number of benzene rings is 1. The maximum Gasteiger partial charge on any atom is 0.0702 e. The Morgan fingerprint density at radius 1 is 1.33 bits per heavy atom. The van der Waals surface area contributed by atoms with Gasteiger partial charge in [-0.1, -0.05) is 19.1 Å². The average Bonchev–Trinajstić information content (AvgIpc) is 2.54. The summed E-state index contributed by atoms with van der Waals surface area (Å²) in [4.78, 5) is 7.05. The van der Waals surface area contributed by atoms with Crippen molar-refractivity contribution in [2.45, 2.75) is 32.2 Å². The summed E-state index contributed by atoms with van der Waals surface area (Å²) >= 11 is 0. The summed E-state index contributed by atoms with van der Waals surface area (Å²) in [7, 11) is 0. The third-order valence-electron chi connectivity index (χ3n) is 4.64. The van der Waals surface area contributed by atoms with E-state index in [-0.39, 0.29) is 0 Å². The van der Waals surface area contributed by atoms with Gasteiger partial charge in [0.25, 0.3) is 0 Å². The highest BCUT2D eigenvalue weighted by molar-refractivity contribution is 5.79. The zero-order valence-corrected chi connectivity index (χ0v) is 12.8. The van der Waals surface area contributed by atoms with Crippen LogP contribution in [0.3, 0.4) is 0 Å². The fourth-order valence-electron chi connectivity index (χ4n) is 3.70. The molecule has 0 spiro atoms. The zero-order valence-electron chi connectivity index (χ0n) is 12.8.